The summed E-state index contributed by atoms with van der Waals surface area (Å²) in [6, 6.07) is 0. The van der Waals surface area contributed by atoms with Gasteiger partial charge in [-0.1, -0.05) is 72.1 Å². The van der Waals surface area contributed by atoms with E-state index in [0.717, 1.165) is 32.1 Å². The van der Waals surface area contributed by atoms with E-state index in [9.17, 15) is 4.79 Å². The van der Waals surface area contributed by atoms with E-state index in [1.807, 2.05) is 6.92 Å². The molecular weight excluding hydrogens is 262 g/mol. The van der Waals surface area contributed by atoms with Gasteiger partial charge in [0.1, 0.15) is 5.71 Å². The van der Waals surface area contributed by atoms with Gasteiger partial charge in [-0.05, 0) is 19.3 Å². The third kappa shape index (κ3) is 10.5. The zero-order valence-electron chi connectivity index (χ0n) is 14.4. The van der Waals surface area contributed by atoms with E-state index in [4.69, 9.17) is 10.1 Å². The molecule has 0 atom stereocenters. The third-order valence-electron chi connectivity index (χ3n) is 3.88. The maximum Gasteiger partial charge on any atom is 0.352 e. The second-order valence-corrected chi connectivity index (χ2v) is 5.95. The van der Waals surface area contributed by atoms with Crippen molar-refractivity contribution in [1.29, 1.82) is 5.41 Å². The molecule has 0 aliphatic heterocycles. The maximum absolute atomic E-state index is 11.9. The van der Waals surface area contributed by atoms with Crippen molar-refractivity contribution in [2.75, 3.05) is 6.61 Å². The van der Waals surface area contributed by atoms with Crippen LogP contribution in [0.1, 0.15) is 91.4 Å². The molecule has 0 aromatic heterocycles. The van der Waals surface area contributed by atoms with E-state index in [1.54, 1.807) is 0 Å². The van der Waals surface area contributed by atoms with Crippen molar-refractivity contribution in [3.05, 3.63) is 0 Å². The first-order valence-corrected chi connectivity index (χ1v) is 8.92. The van der Waals surface area contributed by atoms with Crippen molar-refractivity contribution in [3.63, 3.8) is 0 Å². The van der Waals surface area contributed by atoms with Crippen molar-refractivity contribution >= 4 is 11.7 Å². The van der Waals surface area contributed by atoms with Gasteiger partial charge in [0.2, 0.25) is 0 Å². The molecule has 3 heteroatoms. The molecule has 1 N–H and O–H groups in total. The van der Waals surface area contributed by atoms with Crippen molar-refractivity contribution in [2.45, 2.75) is 91.4 Å². The number of hydrogen-bond acceptors (Lipinski definition) is 3. The van der Waals surface area contributed by atoms with Crippen LogP contribution in [0.5, 0.6) is 0 Å². The van der Waals surface area contributed by atoms with E-state index in [2.05, 4.69) is 13.8 Å². The van der Waals surface area contributed by atoms with Crippen LogP contribution in [-0.4, -0.2) is 18.3 Å². The summed E-state index contributed by atoms with van der Waals surface area (Å²) >= 11 is 0. The number of ether oxygens (including phenoxy) is 1. The topological polar surface area (TPSA) is 50.2 Å². The lowest BCUT2D eigenvalue weighted by molar-refractivity contribution is -0.136. The number of unbranched alkanes of at least 4 members (excludes halogenated alkanes) is 6. The summed E-state index contributed by atoms with van der Waals surface area (Å²) in [5, 5.41) is 8.12. The molecule has 0 aliphatic carbocycles. The summed E-state index contributed by atoms with van der Waals surface area (Å²) in [6.07, 6.45) is 12.3. The Morgan fingerprint density at radius 3 is 1.81 bits per heavy atom. The quantitative estimate of drug-likeness (QED) is 0.261. The van der Waals surface area contributed by atoms with Crippen molar-refractivity contribution in [2.24, 2.45) is 5.92 Å². The van der Waals surface area contributed by atoms with Crippen LogP contribution in [0.4, 0.5) is 0 Å². The van der Waals surface area contributed by atoms with Gasteiger partial charge >= 0.3 is 5.97 Å². The van der Waals surface area contributed by atoms with Crippen LogP contribution < -0.4 is 0 Å². The fourth-order valence-electron chi connectivity index (χ4n) is 2.51. The summed E-state index contributed by atoms with van der Waals surface area (Å²) < 4.78 is 5.13. The fraction of sp³-hybridized carbons (Fsp3) is 0.889. The number of esters is 1. The SMILES string of the molecule is CCCCCCC(CCCCCC)C(=N)C(=O)OCCC. The zero-order valence-corrected chi connectivity index (χ0v) is 14.4. The molecule has 0 aromatic carbocycles. The van der Waals surface area contributed by atoms with Gasteiger partial charge in [-0.2, -0.15) is 0 Å². The number of carbonyl (C=O) groups is 1. The van der Waals surface area contributed by atoms with E-state index >= 15 is 0 Å². The molecule has 0 spiro atoms. The Balaban J connectivity index is 4.25. The first-order chi connectivity index (χ1) is 10.2. The van der Waals surface area contributed by atoms with Crippen molar-refractivity contribution in [3.8, 4) is 0 Å². The highest BCUT2D eigenvalue weighted by molar-refractivity contribution is 6.35. The number of carbonyl (C=O) groups excluding carboxylic acids is 1. The molecule has 0 unspecified atom stereocenters. The molecule has 3 nitrogen and oxygen atoms in total. The van der Waals surface area contributed by atoms with Crippen LogP contribution in [0.2, 0.25) is 0 Å². The van der Waals surface area contributed by atoms with Crippen LogP contribution >= 0.6 is 0 Å². The highest BCUT2D eigenvalue weighted by atomic mass is 16.5. The van der Waals surface area contributed by atoms with E-state index in [0.29, 0.717) is 6.61 Å². The molecular formula is C18H35NO2. The Morgan fingerprint density at radius 1 is 0.857 bits per heavy atom. The minimum atomic E-state index is -0.396. The van der Waals surface area contributed by atoms with Crippen LogP contribution in [0, 0.1) is 11.3 Å². The largest absolute Gasteiger partial charge is 0.461 e. The Morgan fingerprint density at radius 2 is 1.38 bits per heavy atom. The van der Waals surface area contributed by atoms with Crippen LogP contribution in [0.15, 0.2) is 0 Å². The van der Waals surface area contributed by atoms with Crippen molar-refractivity contribution < 1.29 is 9.53 Å². The van der Waals surface area contributed by atoms with Crippen LogP contribution in [0.3, 0.4) is 0 Å². The maximum atomic E-state index is 11.9. The number of hydrogen-bond donors (Lipinski definition) is 1. The average Bonchev–Trinajstić information content (AvgIpc) is 2.50. The highest BCUT2D eigenvalue weighted by Crippen LogP contribution is 2.20. The second kappa shape index (κ2) is 14.1. The third-order valence-corrected chi connectivity index (χ3v) is 3.88. The van der Waals surface area contributed by atoms with E-state index in [-0.39, 0.29) is 11.6 Å². The minimum absolute atomic E-state index is 0.100. The zero-order chi connectivity index (χ0) is 15.9. The van der Waals surface area contributed by atoms with Gasteiger partial charge in [-0.15, -0.1) is 0 Å². The first kappa shape index (κ1) is 20.1. The first-order valence-electron chi connectivity index (χ1n) is 8.92. The molecule has 124 valence electrons. The lowest BCUT2D eigenvalue weighted by atomic mass is 9.90. The monoisotopic (exact) mass is 297 g/mol. The van der Waals surface area contributed by atoms with Crippen LogP contribution in [0.25, 0.3) is 0 Å². The Kier molecular flexibility index (Phi) is 13.5. The summed E-state index contributed by atoms with van der Waals surface area (Å²) in [7, 11) is 0. The van der Waals surface area contributed by atoms with Gasteiger partial charge in [0.25, 0.3) is 0 Å². The lowest BCUT2D eigenvalue weighted by Gasteiger charge is -2.17. The average molecular weight is 297 g/mol. The molecule has 0 aliphatic rings. The summed E-state index contributed by atoms with van der Waals surface area (Å²) in [5.41, 5.74) is 0.205. The standard InChI is InChI=1S/C18H35NO2/c1-4-7-9-11-13-16(14-12-10-8-5-2)17(19)18(20)21-15-6-3/h16,19H,4-15H2,1-3H3. The van der Waals surface area contributed by atoms with Crippen molar-refractivity contribution in [1.82, 2.24) is 0 Å². The molecule has 0 saturated heterocycles. The molecule has 0 radical (unpaired) electrons. The minimum Gasteiger partial charge on any atom is -0.461 e. The normalized spacial score (nSPS) is 10.9. The van der Waals surface area contributed by atoms with Crippen LogP contribution in [-0.2, 0) is 9.53 Å². The summed E-state index contributed by atoms with van der Waals surface area (Å²) in [6.45, 7) is 6.81. The van der Waals surface area contributed by atoms with Gasteiger partial charge in [0.05, 0.1) is 6.61 Å². The van der Waals surface area contributed by atoms with Gasteiger partial charge in [-0.25, -0.2) is 4.79 Å². The Labute approximate surface area is 131 Å². The molecule has 0 fully saturated rings. The fourth-order valence-corrected chi connectivity index (χ4v) is 2.51. The molecule has 0 saturated carbocycles. The molecule has 0 heterocycles. The molecule has 0 aromatic rings. The van der Waals surface area contributed by atoms with Gasteiger partial charge < -0.3 is 4.74 Å². The Hall–Kier alpha value is -0.860. The van der Waals surface area contributed by atoms with Gasteiger partial charge in [-0.3, -0.25) is 5.41 Å². The second-order valence-electron chi connectivity index (χ2n) is 5.95. The number of nitrogens with one attached hydrogen (secondary N) is 1. The molecule has 0 amide bonds. The van der Waals surface area contributed by atoms with Gasteiger partial charge in [0.15, 0.2) is 0 Å². The Bertz CT molecular complexity index is 264. The highest BCUT2D eigenvalue weighted by Gasteiger charge is 2.21. The van der Waals surface area contributed by atoms with E-state index < -0.39 is 5.97 Å². The van der Waals surface area contributed by atoms with Gasteiger partial charge in [0, 0.05) is 5.92 Å². The summed E-state index contributed by atoms with van der Waals surface area (Å²) in [5.74, 6) is -0.295. The number of rotatable bonds is 14. The predicted molar refractivity (Wildman–Crippen MR) is 90.0 cm³/mol. The molecule has 0 bridgehead atoms. The predicted octanol–water partition coefficient (Wildman–Crippen LogP) is 5.52. The lowest BCUT2D eigenvalue weighted by Crippen LogP contribution is -2.25. The molecule has 0 rings (SSSR count). The summed E-state index contributed by atoms with van der Waals surface area (Å²) in [4.78, 5) is 11.9. The van der Waals surface area contributed by atoms with E-state index in [1.165, 1.54) is 38.5 Å². The smallest absolute Gasteiger partial charge is 0.352 e. The molecule has 21 heavy (non-hydrogen) atoms.